The predicted octanol–water partition coefficient (Wildman–Crippen LogP) is 15.8. The van der Waals surface area contributed by atoms with Gasteiger partial charge in [0.05, 0.1) is 19.8 Å². The summed E-state index contributed by atoms with van der Waals surface area (Å²) >= 11 is 0. The predicted molar refractivity (Wildman–Crippen MR) is 297 cm³/mol. The van der Waals surface area contributed by atoms with Crippen molar-refractivity contribution >= 4 is 25.7 Å². The highest BCUT2D eigenvalue weighted by molar-refractivity contribution is 7.47. The Bertz CT molecular complexity index is 1710. The lowest BCUT2D eigenvalue weighted by atomic mass is 10.1. The van der Waals surface area contributed by atoms with E-state index in [0.29, 0.717) is 25.7 Å². The van der Waals surface area contributed by atoms with Crippen molar-refractivity contribution in [3.05, 3.63) is 134 Å². The number of unbranched alkanes of at least 4 members (excludes halogenated alkanes) is 9. The van der Waals surface area contributed by atoms with Gasteiger partial charge in [-0.3, -0.25) is 23.4 Å². The van der Waals surface area contributed by atoms with Gasteiger partial charge in [0.15, 0.2) is 6.10 Å². The Kier molecular flexibility index (Phi) is 49.7. The van der Waals surface area contributed by atoms with Crippen LogP contribution in [0.25, 0.3) is 0 Å². The number of hydrogen-bond acceptors (Lipinski definition) is 10. The Morgan fingerprint density at radius 3 is 1.19 bits per heavy atom. The molecule has 0 saturated carbocycles. The van der Waals surface area contributed by atoms with E-state index >= 15 is 0 Å². The minimum absolute atomic E-state index is 0.0752. The van der Waals surface area contributed by atoms with Crippen LogP contribution in [0.15, 0.2) is 134 Å². The van der Waals surface area contributed by atoms with Gasteiger partial charge in [-0.2, -0.15) is 0 Å². The van der Waals surface area contributed by atoms with Crippen LogP contribution in [-0.2, 0) is 42.2 Å². The Morgan fingerprint density at radius 1 is 0.403 bits per heavy atom. The molecular weight excluding hydrogens is 928 g/mol. The molecule has 0 aromatic carbocycles. The van der Waals surface area contributed by atoms with Gasteiger partial charge in [-0.1, -0.05) is 180 Å². The molecule has 0 saturated heterocycles. The first-order valence-corrected chi connectivity index (χ1v) is 28.6. The van der Waals surface area contributed by atoms with Crippen LogP contribution in [0.4, 0.5) is 0 Å². The Balaban J connectivity index is 4.90. The van der Waals surface area contributed by atoms with Gasteiger partial charge in [0.1, 0.15) is 12.7 Å². The maximum atomic E-state index is 12.9. The molecule has 0 amide bonds. The molecule has 3 unspecified atom stereocenters. The van der Waals surface area contributed by atoms with Crippen LogP contribution in [-0.4, -0.2) is 66.5 Å². The van der Waals surface area contributed by atoms with E-state index in [9.17, 15) is 28.9 Å². The summed E-state index contributed by atoms with van der Waals surface area (Å²) in [6.45, 7) is 4.18. The maximum absolute atomic E-state index is 12.9. The lowest BCUT2D eigenvalue weighted by molar-refractivity contribution is -0.161. The van der Waals surface area contributed by atoms with Crippen molar-refractivity contribution in [1.82, 2.24) is 0 Å². The number of rotatable bonds is 48. The van der Waals surface area contributed by atoms with Gasteiger partial charge < -0.3 is 24.2 Å². The number of phosphoric acid groups is 1. The van der Waals surface area contributed by atoms with E-state index in [1.807, 2.05) is 12.2 Å². The summed E-state index contributed by atoms with van der Waals surface area (Å²) in [6, 6.07) is 0. The van der Waals surface area contributed by atoms with Crippen LogP contribution in [0.3, 0.4) is 0 Å². The molecule has 2 N–H and O–H groups in total. The Labute approximate surface area is 436 Å². The van der Waals surface area contributed by atoms with Gasteiger partial charge in [-0.15, -0.1) is 0 Å². The number of carbonyl (C=O) groups excluding carboxylic acids is 3. The van der Waals surface area contributed by atoms with Gasteiger partial charge in [0, 0.05) is 19.3 Å². The fraction of sp³-hybridized carbons (Fsp3) is 0.583. The number of hydrogen-bond donors (Lipinski definition) is 2. The van der Waals surface area contributed by atoms with Crippen molar-refractivity contribution in [3.8, 4) is 0 Å². The van der Waals surface area contributed by atoms with Crippen LogP contribution in [0, 0.1) is 0 Å². The number of allylic oxidation sites excluding steroid dienone is 22. The van der Waals surface area contributed by atoms with Crippen LogP contribution in [0.1, 0.15) is 188 Å². The molecule has 406 valence electrons. The third-order valence-electron chi connectivity index (χ3n) is 10.5. The summed E-state index contributed by atoms with van der Waals surface area (Å²) in [6.07, 6.45) is 65.7. The number of carbonyl (C=O) groups is 3. The minimum atomic E-state index is -4.78. The van der Waals surface area contributed by atoms with Crippen molar-refractivity contribution in [2.45, 2.75) is 200 Å². The Morgan fingerprint density at radius 2 is 0.736 bits per heavy atom. The Hall–Kier alpha value is -4.38. The topological polar surface area (TPSA) is 155 Å². The van der Waals surface area contributed by atoms with Gasteiger partial charge >= 0.3 is 25.7 Å². The van der Waals surface area contributed by atoms with E-state index in [0.717, 1.165) is 122 Å². The average Bonchev–Trinajstić information content (AvgIpc) is 3.37. The quantitative estimate of drug-likeness (QED) is 0.0197. The number of esters is 3. The second-order valence-corrected chi connectivity index (χ2v) is 18.7. The molecule has 11 nitrogen and oxygen atoms in total. The van der Waals surface area contributed by atoms with Crippen molar-refractivity contribution in [2.24, 2.45) is 0 Å². The molecule has 12 heteroatoms. The standard InChI is InChI=1S/C60H95O11P/c1-4-7-10-13-16-19-22-25-27-28-30-33-36-39-42-45-48-51-60(64)71-57(53-67-58(62)49-46-43-40-37-34-31-24-21-18-15-12-9-6-3)55-69-72(65,66)68-54-56(52-61)70-59(63)50-47-44-41-38-35-32-29-26-23-20-17-14-11-8-5-2/h7-8,10-12,15-17,19-21,24-27,29-30,33,35,38-39,42,56-57,61H,4-6,9,13-14,18,22-23,28,31-32,34,36-37,40-41,43-55H2,1-3H3,(H,65,66)/b10-7-,11-8-,15-12-,19-16-,20-17-,24-21-,27-25-,29-26-,33-30-,38-35-,42-39-. The van der Waals surface area contributed by atoms with Crippen LogP contribution >= 0.6 is 7.82 Å². The number of aliphatic hydroxyl groups excluding tert-OH is 1. The molecule has 0 aliphatic heterocycles. The molecule has 0 aliphatic rings. The largest absolute Gasteiger partial charge is 0.472 e. The fourth-order valence-corrected chi connectivity index (χ4v) is 7.26. The molecule has 3 atom stereocenters. The van der Waals surface area contributed by atoms with Crippen LogP contribution < -0.4 is 0 Å². The molecule has 0 rings (SSSR count). The van der Waals surface area contributed by atoms with Crippen molar-refractivity contribution in [1.29, 1.82) is 0 Å². The summed E-state index contributed by atoms with van der Waals surface area (Å²) in [5, 5.41) is 9.79. The lowest BCUT2D eigenvalue weighted by Gasteiger charge is -2.21. The number of aliphatic hydroxyl groups is 1. The zero-order valence-electron chi connectivity index (χ0n) is 44.6. The van der Waals surface area contributed by atoms with Gasteiger partial charge in [-0.25, -0.2) is 4.57 Å². The van der Waals surface area contributed by atoms with Gasteiger partial charge in [0.2, 0.25) is 0 Å². The first-order chi connectivity index (χ1) is 35.2. The summed E-state index contributed by atoms with van der Waals surface area (Å²) in [5.41, 5.74) is 0. The smallest absolute Gasteiger partial charge is 0.462 e. The second-order valence-electron chi connectivity index (χ2n) is 17.3. The average molecular weight is 1020 g/mol. The normalized spacial score (nSPS) is 14.5. The summed E-state index contributed by atoms with van der Waals surface area (Å²) in [5.74, 6) is -1.62. The molecule has 0 spiro atoms. The molecule has 0 radical (unpaired) electrons. The molecular formula is C60H95O11P. The van der Waals surface area contributed by atoms with E-state index in [-0.39, 0.29) is 25.9 Å². The molecule has 0 aromatic heterocycles. The lowest BCUT2D eigenvalue weighted by Crippen LogP contribution is -2.30. The van der Waals surface area contributed by atoms with E-state index in [4.69, 9.17) is 23.3 Å². The van der Waals surface area contributed by atoms with Crippen molar-refractivity contribution < 1.29 is 52.2 Å². The van der Waals surface area contributed by atoms with Crippen molar-refractivity contribution in [3.63, 3.8) is 0 Å². The first-order valence-electron chi connectivity index (χ1n) is 27.1. The van der Waals surface area contributed by atoms with E-state index in [1.54, 1.807) is 0 Å². The third-order valence-corrected chi connectivity index (χ3v) is 11.5. The maximum Gasteiger partial charge on any atom is 0.472 e. The summed E-state index contributed by atoms with van der Waals surface area (Å²) < 4.78 is 39.3. The van der Waals surface area contributed by atoms with E-state index in [2.05, 4.69) is 142 Å². The zero-order valence-corrected chi connectivity index (χ0v) is 45.5. The molecule has 0 aromatic rings. The number of ether oxygens (including phenoxy) is 3. The highest BCUT2D eigenvalue weighted by Gasteiger charge is 2.28. The zero-order chi connectivity index (χ0) is 52.7. The highest BCUT2D eigenvalue weighted by Crippen LogP contribution is 2.43. The SMILES string of the molecule is CC/C=C\C/C=C\C/C=C\C/C=C\C/C=C\CCCC(=O)OC(COC(=O)CCCCCCC/C=C\C/C=C\CCC)COP(=O)(O)OCC(CO)OC(=O)CCCC/C=C\C/C=C\C/C=C\C/C=C\CC. The molecule has 0 fully saturated rings. The molecule has 0 bridgehead atoms. The summed E-state index contributed by atoms with van der Waals surface area (Å²) in [7, 11) is -4.78. The number of phosphoric ester groups is 1. The molecule has 0 aliphatic carbocycles. The molecule has 72 heavy (non-hydrogen) atoms. The fourth-order valence-electron chi connectivity index (χ4n) is 6.48. The van der Waals surface area contributed by atoms with Gasteiger partial charge in [-0.05, 0) is 122 Å². The third kappa shape index (κ3) is 50.6. The summed E-state index contributed by atoms with van der Waals surface area (Å²) in [4.78, 5) is 48.4. The van der Waals surface area contributed by atoms with E-state index in [1.165, 1.54) is 0 Å². The van der Waals surface area contributed by atoms with Gasteiger partial charge in [0.25, 0.3) is 0 Å². The van der Waals surface area contributed by atoms with Crippen molar-refractivity contribution in [2.75, 3.05) is 26.4 Å². The molecule has 0 heterocycles. The highest BCUT2D eigenvalue weighted by atomic mass is 31.2. The van der Waals surface area contributed by atoms with E-state index < -0.39 is 57.8 Å². The van der Waals surface area contributed by atoms with Crippen LogP contribution in [0.5, 0.6) is 0 Å². The first kappa shape index (κ1) is 67.6. The second kappa shape index (κ2) is 52.9. The van der Waals surface area contributed by atoms with Crippen LogP contribution in [0.2, 0.25) is 0 Å². The minimum Gasteiger partial charge on any atom is -0.462 e. The monoisotopic (exact) mass is 1020 g/mol.